The van der Waals surface area contributed by atoms with Gasteiger partial charge in [-0.05, 0) is 64.6 Å². The van der Waals surface area contributed by atoms with Crippen LogP contribution in [0.4, 0.5) is 4.79 Å². The van der Waals surface area contributed by atoms with E-state index in [-0.39, 0.29) is 12.1 Å². The molecule has 1 saturated carbocycles. The van der Waals surface area contributed by atoms with Gasteiger partial charge in [0.05, 0.1) is 12.3 Å². The van der Waals surface area contributed by atoms with Crippen LogP contribution in [0.25, 0.3) is 0 Å². The van der Waals surface area contributed by atoms with Crippen molar-refractivity contribution in [2.45, 2.75) is 82.1 Å². The molecule has 2 amide bonds. The lowest BCUT2D eigenvalue weighted by Crippen LogP contribution is -2.57. The van der Waals surface area contributed by atoms with Crippen LogP contribution >= 0.6 is 0 Å². The lowest BCUT2D eigenvalue weighted by Gasteiger charge is -2.47. The Hall–Kier alpha value is -1.49. The lowest BCUT2D eigenvalue weighted by atomic mass is 9.82. The van der Waals surface area contributed by atoms with Gasteiger partial charge in [-0.3, -0.25) is 0 Å². The Labute approximate surface area is 144 Å². The highest BCUT2D eigenvalue weighted by atomic mass is 16.3. The molecule has 5 heteroatoms. The van der Waals surface area contributed by atoms with Crippen molar-refractivity contribution in [1.29, 1.82) is 0 Å². The van der Waals surface area contributed by atoms with Crippen LogP contribution in [0.5, 0.6) is 0 Å². The first-order chi connectivity index (χ1) is 11.6. The molecule has 2 saturated heterocycles. The fourth-order valence-corrected chi connectivity index (χ4v) is 4.66. The van der Waals surface area contributed by atoms with Crippen molar-refractivity contribution in [2.75, 3.05) is 7.05 Å². The van der Waals surface area contributed by atoms with Crippen LogP contribution in [0.3, 0.4) is 0 Å². The Kier molecular flexibility index (Phi) is 4.29. The maximum absolute atomic E-state index is 13.0. The predicted molar refractivity (Wildman–Crippen MR) is 92.7 cm³/mol. The second-order valence-corrected chi connectivity index (χ2v) is 7.85. The second kappa shape index (κ2) is 6.43. The summed E-state index contributed by atoms with van der Waals surface area (Å²) in [5.74, 6) is 0.872. The third-order valence-electron chi connectivity index (χ3n) is 6.21. The summed E-state index contributed by atoms with van der Waals surface area (Å²) in [4.78, 5) is 17.5. The van der Waals surface area contributed by atoms with Crippen molar-refractivity contribution in [3.8, 4) is 0 Å². The van der Waals surface area contributed by atoms with Crippen LogP contribution in [-0.4, -0.2) is 47.0 Å². The minimum atomic E-state index is -0.00161. The van der Waals surface area contributed by atoms with Crippen LogP contribution in [0, 0.1) is 0 Å². The molecule has 0 radical (unpaired) electrons. The van der Waals surface area contributed by atoms with E-state index < -0.39 is 0 Å². The first-order valence-corrected chi connectivity index (χ1v) is 9.47. The predicted octanol–water partition coefficient (Wildman–Crippen LogP) is 3.53. The summed E-state index contributed by atoms with van der Waals surface area (Å²) in [6.45, 7) is 2.07. The van der Waals surface area contributed by atoms with Gasteiger partial charge in [0.1, 0.15) is 5.76 Å². The topological polar surface area (TPSA) is 48.7 Å². The van der Waals surface area contributed by atoms with E-state index in [2.05, 4.69) is 24.2 Å². The van der Waals surface area contributed by atoms with E-state index in [0.717, 1.165) is 31.4 Å². The molecule has 1 unspecified atom stereocenters. The third-order valence-corrected chi connectivity index (χ3v) is 6.21. The summed E-state index contributed by atoms with van der Waals surface area (Å²) in [5, 5.41) is 3.35. The molecule has 0 aromatic carbocycles. The van der Waals surface area contributed by atoms with E-state index in [1.54, 1.807) is 6.26 Å². The molecule has 1 N–H and O–H groups in total. The van der Waals surface area contributed by atoms with Crippen molar-refractivity contribution in [2.24, 2.45) is 0 Å². The molecule has 1 aliphatic carbocycles. The number of amides is 2. The molecular weight excluding hydrogens is 302 g/mol. The fourth-order valence-electron chi connectivity index (χ4n) is 4.66. The van der Waals surface area contributed by atoms with Crippen molar-refractivity contribution in [3.63, 3.8) is 0 Å². The number of carbonyl (C=O) groups excluding carboxylic acids is 1. The van der Waals surface area contributed by atoms with E-state index in [0.29, 0.717) is 24.2 Å². The molecule has 3 heterocycles. The van der Waals surface area contributed by atoms with Crippen molar-refractivity contribution >= 4 is 6.03 Å². The second-order valence-electron chi connectivity index (χ2n) is 7.85. The average Bonchev–Trinajstić information content (AvgIpc) is 3.20. The minimum absolute atomic E-state index is 0.00161. The normalized spacial score (nSPS) is 31.5. The average molecular weight is 331 g/mol. The zero-order chi connectivity index (χ0) is 16.7. The van der Waals surface area contributed by atoms with Gasteiger partial charge in [0.15, 0.2) is 0 Å². The van der Waals surface area contributed by atoms with Crippen LogP contribution in [0.15, 0.2) is 22.8 Å². The van der Waals surface area contributed by atoms with Crippen molar-refractivity contribution in [3.05, 3.63) is 24.2 Å². The largest absolute Gasteiger partial charge is 0.467 e. The quantitative estimate of drug-likeness (QED) is 0.918. The van der Waals surface area contributed by atoms with E-state index in [4.69, 9.17) is 4.42 Å². The van der Waals surface area contributed by atoms with Gasteiger partial charge in [0, 0.05) is 24.2 Å². The standard InChI is InChI=1S/C19H29N3O2/c1-13(18-7-4-10-24-18)22(15-8-9-15)19(23)20-14-11-16-5-3-6-17(12-14)21(16)2/h4,7,10,13-17H,3,5-6,8-9,11-12H2,1-2H3,(H,20,23)/t13-,14?,16-,17+/m1/s1. The Morgan fingerprint density at radius 2 is 2.00 bits per heavy atom. The van der Waals surface area contributed by atoms with Crippen molar-refractivity contribution in [1.82, 2.24) is 15.1 Å². The van der Waals surface area contributed by atoms with E-state index >= 15 is 0 Å². The van der Waals surface area contributed by atoms with Crippen LogP contribution in [0.2, 0.25) is 0 Å². The zero-order valence-electron chi connectivity index (χ0n) is 14.8. The number of rotatable bonds is 4. The van der Waals surface area contributed by atoms with Gasteiger partial charge in [-0.1, -0.05) is 6.42 Å². The number of furan rings is 1. The number of piperidine rings is 2. The molecular formula is C19H29N3O2. The first kappa shape index (κ1) is 16.0. The monoisotopic (exact) mass is 331 g/mol. The summed E-state index contributed by atoms with van der Waals surface area (Å²) in [6.07, 6.45) is 9.97. The molecule has 2 bridgehead atoms. The SMILES string of the molecule is C[C@H](c1ccco1)N(C(=O)NC1C[C@H]2CCC[C@@H](C1)N2C)C1CC1. The summed E-state index contributed by atoms with van der Waals surface area (Å²) in [5.41, 5.74) is 0. The number of hydrogen-bond donors (Lipinski definition) is 1. The maximum Gasteiger partial charge on any atom is 0.318 e. The molecule has 1 aromatic rings. The highest BCUT2D eigenvalue weighted by Gasteiger charge is 2.40. The molecule has 1 aromatic heterocycles. The molecule has 3 aliphatic rings. The van der Waals surface area contributed by atoms with Gasteiger partial charge in [-0.15, -0.1) is 0 Å². The van der Waals surface area contributed by atoms with Gasteiger partial charge in [-0.2, -0.15) is 0 Å². The van der Waals surface area contributed by atoms with Gasteiger partial charge in [0.25, 0.3) is 0 Å². The van der Waals surface area contributed by atoms with E-state index in [1.807, 2.05) is 17.0 Å². The molecule has 24 heavy (non-hydrogen) atoms. The number of fused-ring (bicyclic) bond motifs is 2. The minimum Gasteiger partial charge on any atom is -0.467 e. The summed E-state index contributed by atoms with van der Waals surface area (Å²) in [7, 11) is 2.25. The molecule has 0 spiro atoms. The van der Waals surface area contributed by atoms with Crippen LogP contribution in [0.1, 0.15) is 63.7 Å². The van der Waals surface area contributed by atoms with Gasteiger partial charge in [-0.25, -0.2) is 4.79 Å². The summed E-state index contributed by atoms with van der Waals surface area (Å²) < 4.78 is 5.54. The fraction of sp³-hybridized carbons (Fsp3) is 0.737. The Morgan fingerprint density at radius 3 is 2.58 bits per heavy atom. The zero-order valence-corrected chi connectivity index (χ0v) is 14.8. The number of nitrogens with zero attached hydrogens (tertiary/aromatic N) is 2. The molecule has 3 fully saturated rings. The molecule has 5 nitrogen and oxygen atoms in total. The Morgan fingerprint density at radius 1 is 1.29 bits per heavy atom. The molecule has 132 valence electrons. The Bertz CT molecular complexity index is 555. The molecule has 2 aliphatic heterocycles. The Balaban J connectivity index is 1.42. The molecule has 4 atom stereocenters. The van der Waals surface area contributed by atoms with E-state index in [9.17, 15) is 4.79 Å². The van der Waals surface area contributed by atoms with Gasteiger partial charge >= 0.3 is 6.03 Å². The number of carbonyl (C=O) groups is 1. The summed E-state index contributed by atoms with van der Waals surface area (Å²) in [6, 6.07) is 5.91. The van der Waals surface area contributed by atoms with E-state index in [1.165, 1.54) is 19.3 Å². The summed E-state index contributed by atoms with van der Waals surface area (Å²) >= 11 is 0. The van der Waals surface area contributed by atoms with Gasteiger partial charge in [0.2, 0.25) is 0 Å². The number of urea groups is 1. The van der Waals surface area contributed by atoms with Gasteiger partial charge < -0.3 is 19.5 Å². The lowest BCUT2D eigenvalue weighted by molar-refractivity contribution is 0.0484. The smallest absolute Gasteiger partial charge is 0.318 e. The highest BCUT2D eigenvalue weighted by Crippen LogP contribution is 2.36. The number of hydrogen-bond acceptors (Lipinski definition) is 3. The maximum atomic E-state index is 13.0. The highest BCUT2D eigenvalue weighted by molar-refractivity contribution is 5.75. The molecule has 4 rings (SSSR count). The number of nitrogens with one attached hydrogen (secondary N) is 1. The van der Waals surface area contributed by atoms with Crippen molar-refractivity contribution < 1.29 is 9.21 Å². The van der Waals surface area contributed by atoms with Crippen LogP contribution in [-0.2, 0) is 0 Å². The third kappa shape index (κ3) is 3.06. The first-order valence-electron chi connectivity index (χ1n) is 9.47. The van der Waals surface area contributed by atoms with Crippen LogP contribution < -0.4 is 5.32 Å².